The second kappa shape index (κ2) is 7.69. The molecule has 0 saturated carbocycles. The van der Waals surface area contributed by atoms with Crippen LogP contribution in [-0.4, -0.2) is 36.7 Å². The second-order valence-corrected chi connectivity index (χ2v) is 5.56. The van der Waals surface area contributed by atoms with Crippen LogP contribution in [0.3, 0.4) is 0 Å². The third-order valence-electron chi connectivity index (χ3n) is 3.92. The van der Waals surface area contributed by atoms with Gasteiger partial charge in [-0.2, -0.15) is 0 Å². The van der Waals surface area contributed by atoms with E-state index in [9.17, 15) is 14.9 Å². The molecule has 0 fully saturated rings. The van der Waals surface area contributed by atoms with E-state index in [1.54, 1.807) is 31.4 Å². The number of carbonyl (C=O) groups is 1. The van der Waals surface area contributed by atoms with Crippen molar-refractivity contribution in [3.05, 3.63) is 58.6 Å². The fraction of sp³-hybridized carbons (Fsp3) is 0.158. The van der Waals surface area contributed by atoms with Crippen molar-refractivity contribution in [2.24, 2.45) is 0 Å². The molecule has 0 amide bonds. The summed E-state index contributed by atoms with van der Waals surface area (Å²) in [6.45, 7) is -0.319. The van der Waals surface area contributed by atoms with Gasteiger partial charge in [-0.3, -0.25) is 10.1 Å². The zero-order chi connectivity index (χ0) is 19.4. The summed E-state index contributed by atoms with van der Waals surface area (Å²) < 4.78 is 15.3. The molecular formula is C19H16N2O6. The first-order valence-corrected chi connectivity index (χ1v) is 7.95. The summed E-state index contributed by atoms with van der Waals surface area (Å²) in [4.78, 5) is 26.6. The molecule has 0 saturated heterocycles. The highest BCUT2D eigenvalue weighted by atomic mass is 16.6. The van der Waals surface area contributed by atoms with Crippen LogP contribution in [0.25, 0.3) is 22.2 Å². The predicted octanol–water partition coefficient (Wildman–Crippen LogP) is 3.37. The number of non-ortho nitro benzene ring substituents is 1. The summed E-state index contributed by atoms with van der Waals surface area (Å²) in [7, 11) is 2.83. The van der Waals surface area contributed by atoms with Crippen molar-refractivity contribution in [3.63, 3.8) is 0 Å². The Morgan fingerprint density at radius 2 is 1.85 bits per heavy atom. The third-order valence-corrected chi connectivity index (χ3v) is 3.92. The molecule has 2 aromatic carbocycles. The van der Waals surface area contributed by atoms with Gasteiger partial charge < -0.3 is 14.2 Å². The maximum absolute atomic E-state index is 11.4. The average Bonchev–Trinajstić information content (AvgIpc) is 2.71. The number of ether oxygens (including phenoxy) is 3. The van der Waals surface area contributed by atoms with Crippen molar-refractivity contribution in [2.45, 2.75) is 0 Å². The molecule has 3 rings (SSSR count). The quantitative estimate of drug-likeness (QED) is 0.373. The van der Waals surface area contributed by atoms with Gasteiger partial charge in [0.1, 0.15) is 11.5 Å². The summed E-state index contributed by atoms with van der Waals surface area (Å²) >= 11 is 0. The summed E-state index contributed by atoms with van der Waals surface area (Å²) in [5, 5.41) is 11.5. The van der Waals surface area contributed by atoms with Gasteiger partial charge in [0.15, 0.2) is 6.61 Å². The maximum atomic E-state index is 11.4. The lowest BCUT2D eigenvalue weighted by Crippen LogP contribution is -2.12. The lowest BCUT2D eigenvalue weighted by molar-refractivity contribution is -0.384. The smallest absolute Gasteiger partial charge is 0.343 e. The number of hydrogen-bond donors (Lipinski definition) is 0. The maximum Gasteiger partial charge on any atom is 0.343 e. The number of nitro groups is 1. The molecule has 0 aliphatic carbocycles. The third kappa shape index (κ3) is 3.95. The van der Waals surface area contributed by atoms with E-state index in [1.807, 2.05) is 12.1 Å². The van der Waals surface area contributed by atoms with Gasteiger partial charge >= 0.3 is 5.97 Å². The molecule has 0 atom stereocenters. The van der Waals surface area contributed by atoms with Crippen LogP contribution in [0, 0.1) is 10.1 Å². The highest BCUT2D eigenvalue weighted by Gasteiger charge is 2.15. The molecule has 3 aromatic rings. The fourth-order valence-corrected chi connectivity index (χ4v) is 2.52. The lowest BCUT2D eigenvalue weighted by atomic mass is 10.1. The Hall–Kier alpha value is -3.68. The molecule has 0 aliphatic rings. The minimum absolute atomic E-state index is 0.0931. The van der Waals surface area contributed by atoms with Gasteiger partial charge in [-0.1, -0.05) is 0 Å². The van der Waals surface area contributed by atoms with Crippen LogP contribution in [0.4, 0.5) is 5.69 Å². The Morgan fingerprint density at radius 3 is 2.48 bits per heavy atom. The van der Waals surface area contributed by atoms with E-state index in [4.69, 9.17) is 9.47 Å². The topological polar surface area (TPSA) is 101 Å². The van der Waals surface area contributed by atoms with E-state index in [2.05, 4.69) is 9.72 Å². The molecule has 0 unspecified atom stereocenters. The van der Waals surface area contributed by atoms with Gasteiger partial charge in [-0.15, -0.1) is 0 Å². The number of esters is 1. The number of pyridine rings is 1. The van der Waals surface area contributed by atoms with Crippen molar-refractivity contribution < 1.29 is 23.9 Å². The number of rotatable bonds is 6. The number of carbonyl (C=O) groups excluding carboxylic acids is 1. The average molecular weight is 368 g/mol. The fourth-order valence-electron chi connectivity index (χ4n) is 2.52. The van der Waals surface area contributed by atoms with Gasteiger partial charge in [-0.25, -0.2) is 9.78 Å². The van der Waals surface area contributed by atoms with Gasteiger partial charge in [0, 0.05) is 29.1 Å². The lowest BCUT2D eigenvalue weighted by Gasteiger charge is -2.11. The molecule has 1 aromatic heterocycles. The van der Waals surface area contributed by atoms with E-state index >= 15 is 0 Å². The van der Waals surface area contributed by atoms with Crippen molar-refractivity contribution in [1.82, 2.24) is 4.98 Å². The van der Waals surface area contributed by atoms with E-state index < -0.39 is 10.9 Å². The Balaban J connectivity index is 2.10. The standard InChI is InChI=1S/C19H16N2O6/c1-25-14-6-3-12(4-7-14)17-10-18(27-11-19(22)26-2)15-9-13(21(23)24)5-8-16(15)20-17/h3-10H,11H2,1-2H3. The summed E-state index contributed by atoms with van der Waals surface area (Å²) in [6.07, 6.45) is 0. The van der Waals surface area contributed by atoms with E-state index in [-0.39, 0.29) is 12.3 Å². The van der Waals surface area contributed by atoms with Crippen LogP contribution in [0.15, 0.2) is 48.5 Å². The Labute approximate surface area is 154 Å². The number of nitro benzene ring substituents is 1. The second-order valence-electron chi connectivity index (χ2n) is 5.56. The van der Waals surface area contributed by atoms with Gasteiger partial charge in [0.2, 0.25) is 0 Å². The Morgan fingerprint density at radius 1 is 1.11 bits per heavy atom. The highest BCUT2D eigenvalue weighted by Crippen LogP contribution is 2.33. The van der Waals surface area contributed by atoms with Crippen LogP contribution >= 0.6 is 0 Å². The molecule has 27 heavy (non-hydrogen) atoms. The highest BCUT2D eigenvalue weighted by molar-refractivity contribution is 5.90. The zero-order valence-corrected chi connectivity index (χ0v) is 14.7. The molecule has 0 bridgehead atoms. The van der Waals surface area contributed by atoms with Crippen molar-refractivity contribution in [3.8, 4) is 22.8 Å². The Bertz CT molecular complexity index is 1000. The summed E-state index contributed by atoms with van der Waals surface area (Å²) in [6, 6.07) is 13.2. The Kier molecular flexibility index (Phi) is 5.16. The molecule has 8 heteroatoms. The minimum Gasteiger partial charge on any atom is -0.497 e. The van der Waals surface area contributed by atoms with Gasteiger partial charge in [-0.05, 0) is 30.3 Å². The first-order valence-electron chi connectivity index (χ1n) is 7.95. The minimum atomic E-state index is -0.559. The van der Waals surface area contributed by atoms with E-state index in [0.29, 0.717) is 28.1 Å². The molecule has 1 heterocycles. The van der Waals surface area contributed by atoms with Crippen LogP contribution in [0.1, 0.15) is 0 Å². The zero-order valence-electron chi connectivity index (χ0n) is 14.7. The number of nitrogens with zero attached hydrogens (tertiary/aromatic N) is 2. The number of aromatic nitrogens is 1. The normalized spacial score (nSPS) is 10.4. The largest absolute Gasteiger partial charge is 0.497 e. The molecule has 0 spiro atoms. The van der Waals surface area contributed by atoms with Crippen LogP contribution < -0.4 is 9.47 Å². The predicted molar refractivity (Wildman–Crippen MR) is 97.9 cm³/mol. The summed E-state index contributed by atoms with van der Waals surface area (Å²) in [5.41, 5.74) is 1.82. The number of fused-ring (bicyclic) bond motifs is 1. The van der Waals surface area contributed by atoms with Crippen LogP contribution in [0.5, 0.6) is 11.5 Å². The van der Waals surface area contributed by atoms with E-state index in [0.717, 1.165) is 5.56 Å². The number of benzene rings is 2. The monoisotopic (exact) mass is 368 g/mol. The number of hydrogen-bond acceptors (Lipinski definition) is 7. The molecule has 0 radical (unpaired) electrons. The molecule has 8 nitrogen and oxygen atoms in total. The van der Waals surface area contributed by atoms with E-state index in [1.165, 1.54) is 19.2 Å². The molecule has 0 N–H and O–H groups in total. The van der Waals surface area contributed by atoms with Crippen LogP contribution in [-0.2, 0) is 9.53 Å². The first-order chi connectivity index (χ1) is 13.0. The number of methoxy groups -OCH3 is 2. The van der Waals surface area contributed by atoms with Gasteiger partial charge in [0.25, 0.3) is 5.69 Å². The van der Waals surface area contributed by atoms with Crippen molar-refractivity contribution in [1.29, 1.82) is 0 Å². The molecule has 0 aliphatic heterocycles. The molecular weight excluding hydrogens is 352 g/mol. The van der Waals surface area contributed by atoms with Crippen molar-refractivity contribution >= 4 is 22.6 Å². The SMILES string of the molecule is COC(=O)COc1cc(-c2ccc(OC)cc2)nc2ccc([N+](=O)[O-])cc12. The van der Waals surface area contributed by atoms with Gasteiger partial charge in [0.05, 0.1) is 30.4 Å². The molecule has 138 valence electrons. The first kappa shape index (κ1) is 18.1. The van der Waals surface area contributed by atoms with Crippen LogP contribution in [0.2, 0.25) is 0 Å². The van der Waals surface area contributed by atoms with Crippen molar-refractivity contribution in [2.75, 3.05) is 20.8 Å². The summed E-state index contributed by atoms with van der Waals surface area (Å²) in [5.74, 6) is 0.452.